The van der Waals surface area contributed by atoms with Crippen molar-refractivity contribution in [3.63, 3.8) is 0 Å². The lowest BCUT2D eigenvalue weighted by atomic mass is 9.86. The first-order chi connectivity index (χ1) is 24.3. The Morgan fingerprint density at radius 2 is 1.28 bits per heavy atom. The fraction of sp³-hybridized carbons (Fsp3) is 0.525. The molecule has 0 aromatic heterocycles. The number of benzene rings is 3. The van der Waals surface area contributed by atoms with Crippen LogP contribution >= 0.6 is 0 Å². The maximum atomic E-state index is 11.3. The van der Waals surface area contributed by atoms with Gasteiger partial charge in [0.25, 0.3) is 0 Å². The van der Waals surface area contributed by atoms with Gasteiger partial charge in [0.1, 0.15) is 11.7 Å². The fourth-order valence-corrected chi connectivity index (χ4v) is 5.23. The lowest BCUT2D eigenvalue weighted by molar-refractivity contribution is -0.161. The standard InChI is InChI=1S/C27H30O3.C13H27NO6/c1-4-10-22(11-5-1)18-25-16-17-29-26(21-28-19-23-12-6-2-7-13-23)27(25)30-20-24-14-8-3-9-15-24;1-13(2,3)20-12(16)14-4-6-17-8-10-19-11-9-18-7-5-15/h1-15,25-27H,16-21H2;15H,4-11H2,1-3H3,(H,14,16). The zero-order valence-corrected chi connectivity index (χ0v) is 30.0. The Labute approximate surface area is 298 Å². The maximum Gasteiger partial charge on any atom is 0.407 e. The zero-order chi connectivity index (χ0) is 35.7. The predicted molar refractivity (Wildman–Crippen MR) is 193 cm³/mol. The second-order valence-electron chi connectivity index (χ2n) is 12.9. The summed E-state index contributed by atoms with van der Waals surface area (Å²) < 4.78 is 39.2. The largest absolute Gasteiger partial charge is 0.444 e. The van der Waals surface area contributed by atoms with Crippen LogP contribution in [0.15, 0.2) is 91.0 Å². The van der Waals surface area contributed by atoms with Crippen molar-refractivity contribution in [3.05, 3.63) is 108 Å². The first-order valence-corrected chi connectivity index (χ1v) is 17.6. The third-order valence-corrected chi connectivity index (χ3v) is 7.57. The van der Waals surface area contributed by atoms with Gasteiger partial charge in [0.05, 0.1) is 72.2 Å². The minimum atomic E-state index is -0.489. The van der Waals surface area contributed by atoms with Gasteiger partial charge in [-0.2, -0.15) is 0 Å². The minimum Gasteiger partial charge on any atom is -0.444 e. The molecule has 3 aromatic carbocycles. The Balaban J connectivity index is 0.000000297. The molecule has 1 amide bonds. The third-order valence-electron chi connectivity index (χ3n) is 7.57. The molecule has 0 bridgehead atoms. The number of ether oxygens (including phenoxy) is 7. The van der Waals surface area contributed by atoms with Crippen LogP contribution in [0.1, 0.15) is 43.9 Å². The summed E-state index contributed by atoms with van der Waals surface area (Å²) in [5, 5.41) is 11.1. The van der Waals surface area contributed by atoms with Crippen LogP contribution < -0.4 is 5.32 Å². The molecule has 3 aromatic rings. The molecule has 0 spiro atoms. The highest BCUT2D eigenvalue weighted by Crippen LogP contribution is 2.29. The smallest absolute Gasteiger partial charge is 0.407 e. The zero-order valence-electron chi connectivity index (χ0n) is 30.0. The lowest BCUT2D eigenvalue weighted by Gasteiger charge is -2.38. The molecule has 1 heterocycles. The molecule has 50 heavy (non-hydrogen) atoms. The normalized spacial score (nSPS) is 17.4. The SMILES string of the molecule is CC(C)(C)OC(=O)NCCOCCOCCOCCO.c1ccc(COCC2OCCC(Cc3ccccc3)C2OCc2ccccc2)cc1. The molecule has 3 unspecified atom stereocenters. The number of hydrogen-bond donors (Lipinski definition) is 2. The highest BCUT2D eigenvalue weighted by molar-refractivity contribution is 5.67. The summed E-state index contributed by atoms with van der Waals surface area (Å²) in [7, 11) is 0. The van der Waals surface area contributed by atoms with Crippen LogP contribution in [0.25, 0.3) is 0 Å². The van der Waals surface area contributed by atoms with Gasteiger partial charge in [0.2, 0.25) is 0 Å². The molecule has 0 saturated carbocycles. The quantitative estimate of drug-likeness (QED) is 0.138. The van der Waals surface area contributed by atoms with Crippen LogP contribution in [0.3, 0.4) is 0 Å². The monoisotopic (exact) mass is 695 g/mol. The second kappa shape index (κ2) is 24.7. The van der Waals surface area contributed by atoms with E-state index in [1.165, 1.54) is 16.7 Å². The topological polar surface area (TPSA) is 114 Å². The van der Waals surface area contributed by atoms with Gasteiger partial charge in [-0.3, -0.25) is 0 Å². The molecule has 0 aliphatic carbocycles. The number of hydrogen-bond acceptors (Lipinski definition) is 9. The number of carbonyl (C=O) groups is 1. The van der Waals surface area contributed by atoms with Crippen molar-refractivity contribution < 1.29 is 43.1 Å². The molecule has 1 saturated heterocycles. The Kier molecular flexibility index (Phi) is 20.3. The van der Waals surface area contributed by atoms with Crippen molar-refractivity contribution in [2.45, 2.75) is 64.6 Å². The van der Waals surface area contributed by atoms with Crippen molar-refractivity contribution in [3.8, 4) is 0 Å². The van der Waals surface area contributed by atoms with Gasteiger partial charge in [-0.15, -0.1) is 0 Å². The summed E-state index contributed by atoms with van der Waals surface area (Å²) in [4.78, 5) is 11.3. The molecule has 2 N–H and O–H groups in total. The van der Waals surface area contributed by atoms with E-state index >= 15 is 0 Å². The molecule has 3 atom stereocenters. The van der Waals surface area contributed by atoms with Crippen LogP contribution in [0.2, 0.25) is 0 Å². The van der Waals surface area contributed by atoms with E-state index in [9.17, 15) is 4.79 Å². The number of nitrogens with one attached hydrogen (secondary N) is 1. The Bertz CT molecular complexity index is 1260. The highest BCUT2D eigenvalue weighted by Gasteiger charge is 2.35. The van der Waals surface area contributed by atoms with Gasteiger partial charge in [-0.25, -0.2) is 4.79 Å². The third kappa shape index (κ3) is 18.6. The molecule has 10 nitrogen and oxygen atoms in total. The van der Waals surface area contributed by atoms with E-state index < -0.39 is 11.7 Å². The van der Waals surface area contributed by atoms with E-state index in [1.807, 2.05) is 45.0 Å². The first-order valence-electron chi connectivity index (χ1n) is 17.6. The number of aliphatic hydroxyl groups excluding tert-OH is 1. The van der Waals surface area contributed by atoms with E-state index in [0.717, 1.165) is 19.4 Å². The van der Waals surface area contributed by atoms with Gasteiger partial charge in [0.15, 0.2) is 0 Å². The second-order valence-corrected chi connectivity index (χ2v) is 12.9. The van der Waals surface area contributed by atoms with E-state index in [2.05, 4.69) is 72.0 Å². The molecule has 1 aliphatic rings. The first kappa shape index (κ1) is 41.1. The van der Waals surface area contributed by atoms with E-state index in [4.69, 9.17) is 38.3 Å². The predicted octanol–water partition coefficient (Wildman–Crippen LogP) is 5.99. The lowest BCUT2D eigenvalue weighted by Crippen LogP contribution is -2.46. The van der Waals surface area contributed by atoms with E-state index in [-0.39, 0.29) is 18.8 Å². The number of alkyl carbamates (subject to hydrolysis) is 1. The summed E-state index contributed by atoms with van der Waals surface area (Å²) in [6.45, 7) is 10.9. The molecule has 1 aliphatic heterocycles. The average Bonchev–Trinajstić information content (AvgIpc) is 3.11. The van der Waals surface area contributed by atoms with Crippen molar-refractivity contribution in [1.82, 2.24) is 5.32 Å². The maximum absolute atomic E-state index is 11.3. The molecule has 0 radical (unpaired) electrons. The van der Waals surface area contributed by atoms with Crippen LogP contribution in [-0.4, -0.2) is 95.0 Å². The number of amides is 1. The van der Waals surface area contributed by atoms with Crippen molar-refractivity contribution in [1.29, 1.82) is 0 Å². The van der Waals surface area contributed by atoms with Gasteiger partial charge < -0.3 is 43.6 Å². The molecule has 4 rings (SSSR count). The average molecular weight is 696 g/mol. The number of aliphatic hydroxyl groups is 1. The molecule has 276 valence electrons. The van der Waals surface area contributed by atoms with Crippen molar-refractivity contribution in [2.24, 2.45) is 5.92 Å². The van der Waals surface area contributed by atoms with Gasteiger partial charge in [-0.05, 0) is 56.2 Å². The Morgan fingerprint density at radius 1 is 0.740 bits per heavy atom. The number of rotatable bonds is 20. The van der Waals surface area contributed by atoms with E-state index in [0.29, 0.717) is 71.9 Å². The summed E-state index contributed by atoms with van der Waals surface area (Å²) >= 11 is 0. The molecule has 10 heteroatoms. The highest BCUT2D eigenvalue weighted by atomic mass is 16.6. The molecular formula is C40H57NO9. The Hall–Kier alpha value is -3.35. The van der Waals surface area contributed by atoms with Gasteiger partial charge >= 0.3 is 6.09 Å². The summed E-state index contributed by atoms with van der Waals surface area (Å²) in [6.07, 6.45) is 1.51. The molecular weight excluding hydrogens is 638 g/mol. The van der Waals surface area contributed by atoms with E-state index in [1.54, 1.807) is 0 Å². The van der Waals surface area contributed by atoms with Gasteiger partial charge in [-0.1, -0.05) is 91.0 Å². The van der Waals surface area contributed by atoms with Crippen molar-refractivity contribution >= 4 is 6.09 Å². The Morgan fingerprint density at radius 3 is 1.86 bits per heavy atom. The molecule has 1 fully saturated rings. The van der Waals surface area contributed by atoms with Gasteiger partial charge in [0, 0.05) is 13.2 Å². The summed E-state index contributed by atoms with van der Waals surface area (Å²) in [5.41, 5.74) is 3.22. The summed E-state index contributed by atoms with van der Waals surface area (Å²) in [6, 6.07) is 31.3. The minimum absolute atomic E-state index is 0.00920. The van der Waals surface area contributed by atoms with Crippen LogP contribution in [0, 0.1) is 5.92 Å². The number of carbonyl (C=O) groups excluding carboxylic acids is 1. The van der Waals surface area contributed by atoms with Crippen LogP contribution in [-0.2, 0) is 52.8 Å². The fourth-order valence-electron chi connectivity index (χ4n) is 5.23. The van der Waals surface area contributed by atoms with Crippen LogP contribution in [0.5, 0.6) is 0 Å². The summed E-state index contributed by atoms with van der Waals surface area (Å²) in [5.74, 6) is 0.412. The van der Waals surface area contributed by atoms with Crippen molar-refractivity contribution in [2.75, 3.05) is 66.0 Å². The van der Waals surface area contributed by atoms with Crippen LogP contribution in [0.4, 0.5) is 4.79 Å².